The van der Waals surface area contributed by atoms with E-state index in [1.807, 2.05) is 6.92 Å². The number of hydrogen-bond acceptors (Lipinski definition) is 8. The van der Waals surface area contributed by atoms with Gasteiger partial charge in [-0.15, -0.1) is 0 Å². The van der Waals surface area contributed by atoms with Crippen LogP contribution in [0.3, 0.4) is 0 Å². The van der Waals surface area contributed by atoms with Crippen LogP contribution in [0, 0.1) is 0 Å². The van der Waals surface area contributed by atoms with Gasteiger partial charge in [-0.1, -0.05) is 6.92 Å². The van der Waals surface area contributed by atoms with Crippen LogP contribution in [0.15, 0.2) is 0 Å². The molecule has 1 aliphatic heterocycles. The summed E-state index contributed by atoms with van der Waals surface area (Å²) < 4.78 is 10.8. The molecule has 2 rings (SSSR count). The Kier molecular flexibility index (Phi) is 4.69. The van der Waals surface area contributed by atoms with Crippen LogP contribution in [0.4, 0.5) is 11.9 Å². The predicted molar refractivity (Wildman–Crippen MR) is 71.1 cm³/mol. The Morgan fingerprint density at radius 3 is 3.00 bits per heavy atom. The molecular formula is C11H20N6O2. The first-order chi connectivity index (χ1) is 9.24. The quantitative estimate of drug-likeness (QED) is 0.576. The van der Waals surface area contributed by atoms with E-state index in [4.69, 9.17) is 15.3 Å². The Morgan fingerprint density at radius 1 is 1.47 bits per heavy atom. The van der Waals surface area contributed by atoms with E-state index in [1.165, 1.54) is 0 Å². The van der Waals surface area contributed by atoms with E-state index in [2.05, 4.69) is 32.2 Å². The first kappa shape index (κ1) is 13.8. The molecule has 0 amide bonds. The van der Waals surface area contributed by atoms with Crippen molar-refractivity contribution in [2.75, 3.05) is 36.7 Å². The minimum atomic E-state index is 0.209. The fourth-order valence-corrected chi connectivity index (χ4v) is 1.82. The van der Waals surface area contributed by atoms with E-state index in [-0.39, 0.29) is 6.04 Å². The summed E-state index contributed by atoms with van der Waals surface area (Å²) in [6.07, 6.45) is 0.889. The van der Waals surface area contributed by atoms with E-state index in [9.17, 15) is 0 Å². The van der Waals surface area contributed by atoms with Gasteiger partial charge in [0.25, 0.3) is 0 Å². The number of aromatic nitrogens is 3. The molecule has 0 saturated carbocycles. The summed E-state index contributed by atoms with van der Waals surface area (Å²) in [7, 11) is 0. The van der Waals surface area contributed by atoms with Crippen molar-refractivity contribution in [2.24, 2.45) is 5.84 Å². The highest BCUT2D eigenvalue weighted by atomic mass is 16.5. The third-order valence-electron chi connectivity index (χ3n) is 2.79. The van der Waals surface area contributed by atoms with Crippen molar-refractivity contribution in [3.63, 3.8) is 0 Å². The van der Waals surface area contributed by atoms with Crippen LogP contribution < -0.4 is 20.9 Å². The monoisotopic (exact) mass is 268 g/mol. The number of nitrogen functional groups attached to an aromatic ring is 1. The maximum Gasteiger partial charge on any atom is 0.323 e. The molecule has 0 spiro atoms. The zero-order chi connectivity index (χ0) is 13.7. The average Bonchev–Trinajstić information content (AvgIpc) is 2.45. The Balaban J connectivity index is 2.22. The highest BCUT2D eigenvalue weighted by Crippen LogP contribution is 2.18. The van der Waals surface area contributed by atoms with Gasteiger partial charge >= 0.3 is 6.01 Å². The number of nitrogens with two attached hydrogens (primary N) is 1. The molecule has 0 bridgehead atoms. The van der Waals surface area contributed by atoms with E-state index >= 15 is 0 Å². The molecule has 1 saturated heterocycles. The first-order valence-electron chi connectivity index (χ1n) is 6.44. The molecule has 0 aliphatic carbocycles. The van der Waals surface area contributed by atoms with Gasteiger partial charge in [0.2, 0.25) is 11.9 Å². The molecule has 1 aromatic heterocycles. The third-order valence-corrected chi connectivity index (χ3v) is 2.79. The molecule has 2 heterocycles. The minimum absolute atomic E-state index is 0.209. The van der Waals surface area contributed by atoms with E-state index < -0.39 is 0 Å². The van der Waals surface area contributed by atoms with Gasteiger partial charge in [-0.25, -0.2) is 5.84 Å². The highest BCUT2D eigenvalue weighted by Gasteiger charge is 2.22. The summed E-state index contributed by atoms with van der Waals surface area (Å²) >= 11 is 0. The van der Waals surface area contributed by atoms with Crippen molar-refractivity contribution in [2.45, 2.75) is 26.3 Å². The van der Waals surface area contributed by atoms with Crippen LogP contribution in [0.25, 0.3) is 0 Å². The van der Waals surface area contributed by atoms with Gasteiger partial charge in [-0.2, -0.15) is 15.0 Å². The molecule has 1 unspecified atom stereocenters. The first-order valence-corrected chi connectivity index (χ1v) is 6.44. The Bertz CT molecular complexity index is 416. The standard InChI is InChI=1S/C11H20N6O2/c1-3-5-19-11-14-9(16-12)13-10(15-11)17-4-6-18-7-8(17)2/h8H,3-7,12H2,1-2H3,(H,13,14,15,16). The number of rotatable bonds is 5. The van der Waals surface area contributed by atoms with Gasteiger partial charge in [-0.05, 0) is 13.3 Å². The normalized spacial score (nSPS) is 19.3. The van der Waals surface area contributed by atoms with Gasteiger partial charge in [0, 0.05) is 6.54 Å². The van der Waals surface area contributed by atoms with Crippen LogP contribution in [0.5, 0.6) is 6.01 Å². The zero-order valence-electron chi connectivity index (χ0n) is 11.3. The van der Waals surface area contributed by atoms with Crippen molar-refractivity contribution in [1.82, 2.24) is 15.0 Å². The average molecular weight is 268 g/mol. The molecule has 3 N–H and O–H groups in total. The van der Waals surface area contributed by atoms with E-state index in [0.29, 0.717) is 37.7 Å². The number of morpholine rings is 1. The molecule has 8 heteroatoms. The fraction of sp³-hybridized carbons (Fsp3) is 0.727. The summed E-state index contributed by atoms with van der Waals surface area (Å²) in [5.41, 5.74) is 2.44. The van der Waals surface area contributed by atoms with Crippen molar-refractivity contribution in [3.8, 4) is 6.01 Å². The number of hydrazine groups is 1. The lowest BCUT2D eigenvalue weighted by molar-refractivity contribution is 0.0979. The third kappa shape index (κ3) is 3.42. The minimum Gasteiger partial charge on any atom is -0.463 e. The maximum atomic E-state index is 5.45. The topological polar surface area (TPSA) is 98.4 Å². The lowest BCUT2D eigenvalue weighted by Crippen LogP contribution is -2.44. The molecule has 1 aliphatic rings. The fourth-order valence-electron chi connectivity index (χ4n) is 1.82. The molecule has 1 fully saturated rings. The number of nitrogens with zero attached hydrogens (tertiary/aromatic N) is 4. The second-order valence-electron chi connectivity index (χ2n) is 4.35. The molecule has 0 radical (unpaired) electrons. The van der Waals surface area contributed by atoms with Crippen molar-refractivity contribution < 1.29 is 9.47 Å². The second-order valence-corrected chi connectivity index (χ2v) is 4.35. The summed E-state index contributed by atoms with van der Waals surface area (Å²) in [6.45, 7) is 6.70. The van der Waals surface area contributed by atoms with Crippen LogP contribution >= 0.6 is 0 Å². The molecule has 106 valence electrons. The van der Waals surface area contributed by atoms with E-state index in [1.54, 1.807) is 0 Å². The zero-order valence-corrected chi connectivity index (χ0v) is 11.3. The van der Waals surface area contributed by atoms with Crippen molar-refractivity contribution in [1.29, 1.82) is 0 Å². The van der Waals surface area contributed by atoms with Gasteiger partial charge in [-0.3, -0.25) is 5.43 Å². The van der Waals surface area contributed by atoms with Crippen LogP contribution in [0.2, 0.25) is 0 Å². The van der Waals surface area contributed by atoms with Gasteiger partial charge in [0.1, 0.15) is 0 Å². The summed E-state index contributed by atoms with van der Waals surface area (Å²) in [5, 5.41) is 0. The second kappa shape index (κ2) is 6.48. The number of hydrogen-bond donors (Lipinski definition) is 2. The van der Waals surface area contributed by atoms with Crippen LogP contribution in [0.1, 0.15) is 20.3 Å². The molecular weight excluding hydrogens is 248 g/mol. The molecule has 0 aromatic carbocycles. The molecule has 8 nitrogen and oxygen atoms in total. The lowest BCUT2D eigenvalue weighted by atomic mass is 10.3. The summed E-state index contributed by atoms with van der Waals surface area (Å²) in [5.74, 6) is 6.24. The maximum absolute atomic E-state index is 5.45. The smallest absolute Gasteiger partial charge is 0.323 e. The number of ether oxygens (including phenoxy) is 2. The van der Waals surface area contributed by atoms with Gasteiger partial charge < -0.3 is 14.4 Å². The number of nitrogens with one attached hydrogen (secondary N) is 1. The van der Waals surface area contributed by atoms with Crippen molar-refractivity contribution in [3.05, 3.63) is 0 Å². The lowest BCUT2D eigenvalue weighted by Gasteiger charge is -2.33. The summed E-state index contributed by atoms with van der Waals surface area (Å²) in [4.78, 5) is 14.7. The Hall–Kier alpha value is -1.67. The summed E-state index contributed by atoms with van der Waals surface area (Å²) in [6, 6.07) is 0.499. The number of anilines is 2. The van der Waals surface area contributed by atoms with Crippen molar-refractivity contribution >= 4 is 11.9 Å². The largest absolute Gasteiger partial charge is 0.463 e. The van der Waals surface area contributed by atoms with Crippen LogP contribution in [-0.2, 0) is 4.74 Å². The van der Waals surface area contributed by atoms with Crippen LogP contribution in [-0.4, -0.2) is 47.4 Å². The predicted octanol–water partition coefficient (Wildman–Crippen LogP) is 0.171. The SMILES string of the molecule is CCCOc1nc(NN)nc(N2CCOCC2C)n1. The van der Waals surface area contributed by atoms with E-state index in [0.717, 1.165) is 13.0 Å². The molecule has 1 atom stereocenters. The highest BCUT2D eigenvalue weighted by molar-refractivity contribution is 5.39. The molecule has 1 aromatic rings. The Morgan fingerprint density at radius 2 is 2.32 bits per heavy atom. The molecule has 19 heavy (non-hydrogen) atoms. The van der Waals surface area contributed by atoms with Gasteiger partial charge in [0.15, 0.2) is 0 Å². The van der Waals surface area contributed by atoms with Gasteiger partial charge in [0.05, 0.1) is 25.9 Å². The Labute approximate surface area is 112 Å².